The lowest BCUT2D eigenvalue weighted by Gasteiger charge is -2.38. The van der Waals surface area contributed by atoms with Gasteiger partial charge in [-0.2, -0.15) is 0 Å². The summed E-state index contributed by atoms with van der Waals surface area (Å²) in [6.07, 6.45) is 0.793. The van der Waals surface area contributed by atoms with Crippen LogP contribution in [0.15, 0.2) is 53.9 Å². The van der Waals surface area contributed by atoms with Crippen LogP contribution in [0.3, 0.4) is 0 Å². The summed E-state index contributed by atoms with van der Waals surface area (Å²) < 4.78 is 16.2. The minimum absolute atomic E-state index is 0.0518. The van der Waals surface area contributed by atoms with Crippen LogP contribution in [-0.4, -0.2) is 62.1 Å². The average molecular weight is 509 g/mol. The number of benzene rings is 2. The number of ether oxygens (including phenoxy) is 3. The van der Waals surface area contributed by atoms with E-state index in [0.717, 1.165) is 23.3 Å². The largest absolute Gasteiger partial charge is 0.497 e. The van der Waals surface area contributed by atoms with Crippen LogP contribution in [0.2, 0.25) is 0 Å². The number of carbonyl (C=O) groups is 2. The van der Waals surface area contributed by atoms with Gasteiger partial charge in [-0.3, -0.25) is 9.59 Å². The van der Waals surface area contributed by atoms with E-state index in [2.05, 4.69) is 11.4 Å². The number of rotatable bonds is 8. The molecule has 0 N–H and O–H groups in total. The maximum atomic E-state index is 13.8. The van der Waals surface area contributed by atoms with E-state index in [9.17, 15) is 9.59 Å². The molecule has 1 unspecified atom stereocenters. The van der Waals surface area contributed by atoms with Gasteiger partial charge in [0.2, 0.25) is 5.91 Å². The first-order valence-corrected chi connectivity index (χ1v) is 12.8. The molecular weight excluding hydrogens is 476 g/mol. The van der Waals surface area contributed by atoms with Crippen molar-refractivity contribution in [1.82, 2.24) is 9.80 Å². The van der Waals surface area contributed by atoms with Crippen molar-refractivity contribution in [1.29, 1.82) is 0 Å². The monoisotopic (exact) mass is 508 g/mol. The Bertz CT molecular complexity index is 1200. The van der Waals surface area contributed by atoms with Crippen molar-refractivity contribution in [2.24, 2.45) is 0 Å². The van der Waals surface area contributed by atoms with Gasteiger partial charge in [-0.05, 0) is 67.1 Å². The van der Waals surface area contributed by atoms with Gasteiger partial charge in [-0.1, -0.05) is 18.2 Å². The summed E-state index contributed by atoms with van der Waals surface area (Å²) in [5.41, 5.74) is 2.46. The molecule has 190 valence electrons. The fourth-order valence-corrected chi connectivity index (χ4v) is 5.57. The summed E-state index contributed by atoms with van der Waals surface area (Å²) in [5.74, 6) is 1.18. The van der Waals surface area contributed by atoms with Crippen molar-refractivity contribution in [3.63, 3.8) is 0 Å². The van der Waals surface area contributed by atoms with E-state index in [1.165, 1.54) is 19.1 Å². The minimum Gasteiger partial charge on any atom is -0.497 e. The number of thiophene rings is 1. The molecule has 2 aromatic carbocycles. The number of fused-ring (bicyclic) bond motifs is 1. The maximum absolute atomic E-state index is 13.8. The van der Waals surface area contributed by atoms with Gasteiger partial charge < -0.3 is 24.0 Å². The Morgan fingerprint density at radius 2 is 1.67 bits per heavy atom. The fourth-order valence-electron chi connectivity index (χ4n) is 4.66. The summed E-state index contributed by atoms with van der Waals surface area (Å²) in [7, 11) is 4.67. The van der Waals surface area contributed by atoms with Gasteiger partial charge in [-0.15, -0.1) is 11.3 Å². The highest BCUT2D eigenvalue weighted by molar-refractivity contribution is 7.10. The Balaban J connectivity index is 1.66. The van der Waals surface area contributed by atoms with Crippen LogP contribution >= 0.6 is 11.3 Å². The summed E-state index contributed by atoms with van der Waals surface area (Å²) in [5, 5.41) is 2.08. The molecule has 8 heteroatoms. The number of hydrogen-bond donors (Lipinski definition) is 0. The van der Waals surface area contributed by atoms with Crippen molar-refractivity contribution < 1.29 is 23.8 Å². The van der Waals surface area contributed by atoms with E-state index >= 15 is 0 Å². The molecule has 0 saturated heterocycles. The Labute approximate surface area is 216 Å². The fraction of sp³-hybridized carbons (Fsp3) is 0.357. The molecule has 0 bridgehead atoms. The van der Waals surface area contributed by atoms with Crippen LogP contribution in [0.4, 0.5) is 0 Å². The molecule has 3 aromatic rings. The lowest BCUT2D eigenvalue weighted by molar-refractivity contribution is -0.134. The number of nitrogens with zero attached hydrogens (tertiary/aromatic N) is 2. The number of methoxy groups -OCH3 is 3. The first kappa shape index (κ1) is 25.6. The molecule has 36 heavy (non-hydrogen) atoms. The summed E-state index contributed by atoms with van der Waals surface area (Å²) in [6, 6.07) is 14.7. The van der Waals surface area contributed by atoms with E-state index in [1.807, 2.05) is 43.0 Å². The second-order valence-corrected chi connectivity index (χ2v) is 9.88. The van der Waals surface area contributed by atoms with Crippen LogP contribution in [-0.2, 0) is 11.2 Å². The smallest absolute Gasteiger partial charge is 0.262 e. The second kappa shape index (κ2) is 11.0. The number of hydrogen-bond acceptors (Lipinski definition) is 6. The molecule has 0 aliphatic carbocycles. The van der Waals surface area contributed by atoms with E-state index in [4.69, 9.17) is 14.2 Å². The van der Waals surface area contributed by atoms with Crippen LogP contribution in [0.5, 0.6) is 17.2 Å². The van der Waals surface area contributed by atoms with Crippen molar-refractivity contribution in [3.05, 3.63) is 75.5 Å². The Kier molecular flexibility index (Phi) is 7.84. The summed E-state index contributed by atoms with van der Waals surface area (Å²) >= 11 is 1.72. The van der Waals surface area contributed by atoms with Crippen molar-refractivity contribution in [2.75, 3.05) is 34.4 Å². The Morgan fingerprint density at radius 3 is 2.25 bits per heavy atom. The van der Waals surface area contributed by atoms with Crippen LogP contribution in [0.25, 0.3) is 0 Å². The van der Waals surface area contributed by atoms with Gasteiger partial charge in [-0.25, -0.2) is 0 Å². The molecule has 0 spiro atoms. The van der Waals surface area contributed by atoms with Crippen LogP contribution in [0.1, 0.15) is 46.3 Å². The predicted molar refractivity (Wildman–Crippen MR) is 140 cm³/mol. The Hall–Kier alpha value is -3.52. The molecule has 1 atom stereocenters. The molecule has 2 heterocycles. The standard InChI is InChI=1S/C28H32N2O5S/c1-18(2)30(28(32)26-22(34-4)7-6-8-23(26)35-5)17-25(31)29-15-13-24-21(14-16-36-24)27(29)19-9-11-20(33-3)12-10-19/h6-12,14,16,18,27H,13,15,17H2,1-5H3. The SMILES string of the molecule is COc1ccc(C2c3ccsc3CCN2C(=O)CN(C(=O)c2c(OC)cccc2OC)C(C)C)cc1. The number of carbonyl (C=O) groups excluding carboxylic acids is 2. The number of amides is 2. The molecule has 0 saturated carbocycles. The van der Waals surface area contributed by atoms with Crippen LogP contribution < -0.4 is 14.2 Å². The summed E-state index contributed by atoms with van der Waals surface area (Å²) in [4.78, 5) is 32.3. The first-order chi connectivity index (χ1) is 17.4. The van der Waals surface area contributed by atoms with Gasteiger partial charge in [0.25, 0.3) is 5.91 Å². The highest BCUT2D eigenvalue weighted by atomic mass is 32.1. The molecule has 4 rings (SSSR count). The zero-order valence-corrected chi connectivity index (χ0v) is 22.1. The molecule has 0 fully saturated rings. The molecule has 2 amide bonds. The lowest BCUT2D eigenvalue weighted by atomic mass is 9.93. The van der Waals surface area contributed by atoms with Gasteiger partial charge in [0, 0.05) is 17.5 Å². The third-order valence-corrected chi connectivity index (χ3v) is 7.55. The van der Waals surface area contributed by atoms with E-state index in [0.29, 0.717) is 23.6 Å². The second-order valence-electron chi connectivity index (χ2n) is 8.88. The summed E-state index contributed by atoms with van der Waals surface area (Å²) in [6.45, 7) is 4.34. The zero-order valence-electron chi connectivity index (χ0n) is 21.3. The first-order valence-electron chi connectivity index (χ1n) is 11.9. The van der Waals surface area contributed by atoms with E-state index in [1.54, 1.807) is 41.5 Å². The quantitative estimate of drug-likeness (QED) is 0.437. The minimum atomic E-state index is -0.304. The third kappa shape index (κ3) is 4.91. The van der Waals surface area contributed by atoms with Crippen molar-refractivity contribution in [3.8, 4) is 17.2 Å². The van der Waals surface area contributed by atoms with Crippen LogP contribution in [0, 0.1) is 0 Å². The average Bonchev–Trinajstić information content (AvgIpc) is 3.39. The molecule has 1 aromatic heterocycles. The predicted octanol–water partition coefficient (Wildman–Crippen LogP) is 4.80. The topological polar surface area (TPSA) is 68.3 Å². The van der Waals surface area contributed by atoms with E-state index in [-0.39, 0.29) is 30.4 Å². The zero-order chi connectivity index (χ0) is 25.8. The van der Waals surface area contributed by atoms with E-state index < -0.39 is 0 Å². The maximum Gasteiger partial charge on any atom is 0.262 e. The van der Waals surface area contributed by atoms with Crippen molar-refractivity contribution in [2.45, 2.75) is 32.4 Å². The highest BCUT2D eigenvalue weighted by Gasteiger charge is 2.35. The molecule has 7 nitrogen and oxygen atoms in total. The molecular formula is C28H32N2O5S. The van der Waals surface area contributed by atoms with Gasteiger partial charge in [0.05, 0.1) is 27.4 Å². The van der Waals surface area contributed by atoms with Crippen molar-refractivity contribution >= 4 is 23.2 Å². The highest BCUT2D eigenvalue weighted by Crippen LogP contribution is 2.38. The van der Waals surface area contributed by atoms with Gasteiger partial charge in [0.1, 0.15) is 29.4 Å². The third-order valence-electron chi connectivity index (χ3n) is 6.55. The molecule has 1 aliphatic heterocycles. The molecule has 1 aliphatic rings. The lowest BCUT2D eigenvalue weighted by Crippen LogP contribution is -2.48. The van der Waals surface area contributed by atoms with Gasteiger partial charge >= 0.3 is 0 Å². The molecule has 0 radical (unpaired) electrons. The van der Waals surface area contributed by atoms with Gasteiger partial charge in [0.15, 0.2) is 0 Å². The normalized spacial score (nSPS) is 14.8. The Morgan fingerprint density at radius 1 is 1.00 bits per heavy atom.